The Morgan fingerprint density at radius 2 is 1.91 bits per heavy atom. The van der Waals surface area contributed by atoms with Crippen molar-refractivity contribution in [3.05, 3.63) is 86.9 Å². The van der Waals surface area contributed by atoms with Gasteiger partial charge in [-0.15, -0.1) is 0 Å². The number of allylic oxidation sites excluding steroid dienone is 3. The minimum absolute atomic E-state index is 0.0576. The molecular weight excluding hydrogens is 420 g/mol. The second-order valence-electron chi connectivity index (χ2n) is 9.03. The zero-order chi connectivity index (χ0) is 23.9. The molecule has 0 aromatic heterocycles. The van der Waals surface area contributed by atoms with Crippen molar-refractivity contribution in [2.24, 2.45) is 11.1 Å². The number of non-ortho nitro benzene ring substituents is 1. The number of carbonyl (C=O) groups excluding carboxylic acids is 1. The van der Waals surface area contributed by atoms with E-state index in [2.05, 4.69) is 6.07 Å². The van der Waals surface area contributed by atoms with E-state index in [1.54, 1.807) is 36.3 Å². The van der Waals surface area contributed by atoms with Crippen LogP contribution in [0.2, 0.25) is 0 Å². The lowest BCUT2D eigenvalue weighted by atomic mass is 9.68. The van der Waals surface area contributed by atoms with Crippen molar-refractivity contribution in [2.45, 2.75) is 32.6 Å². The number of Topliss-reactive ketones (excluding diaryl/α,β-unsaturated/α-hetero) is 1. The number of nitro groups is 1. The molecule has 2 aliphatic rings. The van der Waals surface area contributed by atoms with Gasteiger partial charge in [-0.05, 0) is 35.6 Å². The van der Waals surface area contributed by atoms with E-state index >= 15 is 0 Å². The topological polar surface area (TPSA) is 122 Å². The maximum Gasteiger partial charge on any atom is 0.271 e. The van der Waals surface area contributed by atoms with Crippen molar-refractivity contribution < 1.29 is 14.5 Å². The van der Waals surface area contributed by atoms with E-state index in [1.165, 1.54) is 12.1 Å². The van der Waals surface area contributed by atoms with Crippen LogP contribution in [0.15, 0.2) is 71.2 Å². The van der Waals surface area contributed by atoms with Crippen LogP contribution in [-0.4, -0.2) is 17.8 Å². The van der Waals surface area contributed by atoms with E-state index in [9.17, 15) is 20.2 Å². The van der Waals surface area contributed by atoms with E-state index in [4.69, 9.17) is 10.5 Å². The number of anilines is 1. The predicted molar refractivity (Wildman–Crippen MR) is 123 cm³/mol. The molecule has 8 nitrogen and oxygen atoms in total. The van der Waals surface area contributed by atoms with E-state index < -0.39 is 10.8 Å². The molecule has 8 heteroatoms. The number of rotatable bonds is 4. The molecule has 0 amide bonds. The van der Waals surface area contributed by atoms with Gasteiger partial charge >= 0.3 is 0 Å². The summed E-state index contributed by atoms with van der Waals surface area (Å²) in [6, 6.07) is 15.5. The van der Waals surface area contributed by atoms with Gasteiger partial charge in [-0.25, -0.2) is 0 Å². The quantitative estimate of drug-likeness (QED) is 0.542. The van der Waals surface area contributed by atoms with Crippen molar-refractivity contribution in [1.29, 1.82) is 5.26 Å². The number of hydrogen-bond donors (Lipinski definition) is 1. The number of nitrogens with zero attached hydrogens (tertiary/aromatic N) is 3. The van der Waals surface area contributed by atoms with E-state index in [-0.39, 0.29) is 28.3 Å². The first kappa shape index (κ1) is 22.1. The molecule has 33 heavy (non-hydrogen) atoms. The van der Waals surface area contributed by atoms with Crippen LogP contribution in [0.5, 0.6) is 5.75 Å². The third-order valence-corrected chi connectivity index (χ3v) is 6.13. The van der Waals surface area contributed by atoms with Crippen LogP contribution < -0.4 is 15.4 Å². The maximum absolute atomic E-state index is 13.5. The minimum atomic E-state index is -0.616. The highest BCUT2D eigenvalue weighted by Gasteiger charge is 2.44. The van der Waals surface area contributed by atoms with Crippen molar-refractivity contribution in [3.63, 3.8) is 0 Å². The third kappa shape index (κ3) is 3.82. The number of nitrogens with two attached hydrogens (primary N) is 1. The van der Waals surface area contributed by atoms with E-state index in [0.717, 1.165) is 5.56 Å². The van der Waals surface area contributed by atoms with Gasteiger partial charge in [-0.1, -0.05) is 32.0 Å². The lowest BCUT2D eigenvalue weighted by Crippen LogP contribution is -2.42. The summed E-state index contributed by atoms with van der Waals surface area (Å²) in [6.07, 6.45) is 0.864. The summed E-state index contributed by atoms with van der Waals surface area (Å²) in [4.78, 5) is 26.0. The van der Waals surface area contributed by atoms with Crippen molar-refractivity contribution in [1.82, 2.24) is 0 Å². The van der Waals surface area contributed by atoms with Crippen LogP contribution in [0.4, 0.5) is 11.4 Å². The molecule has 168 valence electrons. The van der Waals surface area contributed by atoms with Crippen molar-refractivity contribution >= 4 is 17.2 Å². The standard InChI is InChI=1S/C25H24N4O4/c1-25(2)12-20-23(21(30)13-25)22(15-7-9-18(33-3)10-8-15)19(14-26)24(27)28(20)16-5-4-6-17(11-16)29(31)32/h4-11,22H,12-13,27H2,1-3H3. The summed E-state index contributed by atoms with van der Waals surface area (Å²) in [5, 5.41) is 21.5. The number of ketones is 1. The Bertz CT molecular complexity index is 1250. The van der Waals surface area contributed by atoms with Crippen molar-refractivity contribution in [2.75, 3.05) is 12.0 Å². The Labute approximate surface area is 191 Å². The number of nitro benzene ring substituents is 1. The fourth-order valence-corrected chi connectivity index (χ4v) is 4.68. The monoisotopic (exact) mass is 444 g/mol. The number of benzene rings is 2. The van der Waals surface area contributed by atoms with Gasteiger partial charge in [0.2, 0.25) is 0 Å². The Morgan fingerprint density at radius 3 is 2.52 bits per heavy atom. The first-order chi connectivity index (χ1) is 15.7. The molecule has 0 radical (unpaired) electrons. The minimum Gasteiger partial charge on any atom is -0.497 e. The van der Waals surface area contributed by atoms with Gasteiger partial charge in [0.25, 0.3) is 5.69 Å². The predicted octanol–water partition coefficient (Wildman–Crippen LogP) is 4.54. The van der Waals surface area contributed by atoms with Crippen LogP contribution >= 0.6 is 0 Å². The molecule has 0 saturated heterocycles. The highest BCUT2D eigenvalue weighted by molar-refractivity contribution is 6.01. The number of hydrogen-bond acceptors (Lipinski definition) is 7. The maximum atomic E-state index is 13.5. The summed E-state index contributed by atoms with van der Waals surface area (Å²) in [7, 11) is 1.57. The van der Waals surface area contributed by atoms with E-state index in [1.807, 2.05) is 26.0 Å². The van der Waals surface area contributed by atoms with Gasteiger partial charge in [0.15, 0.2) is 5.78 Å². The zero-order valence-electron chi connectivity index (χ0n) is 18.7. The summed E-state index contributed by atoms with van der Waals surface area (Å²) in [5.41, 5.74) is 8.76. The number of carbonyl (C=O) groups is 1. The SMILES string of the molecule is COc1ccc(C2C(C#N)=C(N)N(c3cccc([N+](=O)[O-])c3)C3=C2C(=O)CC(C)(C)C3)cc1. The molecule has 0 bridgehead atoms. The largest absolute Gasteiger partial charge is 0.497 e. The van der Waals surface area contributed by atoms with Gasteiger partial charge in [-0.3, -0.25) is 19.8 Å². The first-order valence-electron chi connectivity index (χ1n) is 10.5. The molecule has 1 atom stereocenters. The average molecular weight is 444 g/mol. The number of methoxy groups -OCH3 is 1. The molecule has 1 heterocycles. The molecular formula is C25H24N4O4. The molecule has 1 aliphatic carbocycles. The second-order valence-corrected chi connectivity index (χ2v) is 9.03. The molecule has 0 spiro atoms. The Hall–Kier alpha value is -4.12. The summed E-state index contributed by atoms with van der Waals surface area (Å²) in [6.45, 7) is 4.00. The van der Waals surface area contributed by atoms with Crippen molar-refractivity contribution in [3.8, 4) is 11.8 Å². The summed E-state index contributed by atoms with van der Waals surface area (Å²) < 4.78 is 5.25. The van der Waals surface area contributed by atoms with E-state index in [0.29, 0.717) is 35.5 Å². The molecule has 2 aromatic rings. The molecule has 1 aliphatic heterocycles. The van der Waals surface area contributed by atoms with Gasteiger partial charge in [0.1, 0.15) is 11.6 Å². The normalized spacial score (nSPS) is 19.8. The van der Waals surface area contributed by atoms with Crippen LogP contribution in [0.25, 0.3) is 0 Å². The Morgan fingerprint density at radius 1 is 1.21 bits per heavy atom. The van der Waals surface area contributed by atoms with Crippen LogP contribution in [0.1, 0.15) is 38.2 Å². The first-order valence-corrected chi connectivity index (χ1v) is 10.5. The lowest BCUT2D eigenvalue weighted by Gasteiger charge is -2.43. The average Bonchev–Trinajstić information content (AvgIpc) is 2.77. The number of ether oxygens (including phenoxy) is 1. The second kappa shape index (κ2) is 8.10. The zero-order valence-corrected chi connectivity index (χ0v) is 18.7. The Balaban J connectivity index is 1.97. The fourth-order valence-electron chi connectivity index (χ4n) is 4.68. The van der Waals surface area contributed by atoms with Crippen LogP contribution in [0, 0.1) is 26.9 Å². The highest BCUT2D eigenvalue weighted by Crippen LogP contribution is 2.50. The molecule has 0 fully saturated rings. The molecule has 0 saturated carbocycles. The smallest absolute Gasteiger partial charge is 0.271 e. The van der Waals surface area contributed by atoms with Crippen LogP contribution in [-0.2, 0) is 4.79 Å². The van der Waals surface area contributed by atoms with Gasteiger partial charge in [0, 0.05) is 29.8 Å². The van der Waals surface area contributed by atoms with Gasteiger partial charge in [-0.2, -0.15) is 5.26 Å². The Kier molecular flexibility index (Phi) is 5.42. The molecule has 4 rings (SSSR count). The summed E-state index contributed by atoms with van der Waals surface area (Å²) in [5.74, 6) is 0.156. The molecule has 1 unspecified atom stereocenters. The fraction of sp³-hybridized carbons (Fsp3) is 0.280. The lowest BCUT2D eigenvalue weighted by molar-refractivity contribution is -0.384. The highest BCUT2D eigenvalue weighted by atomic mass is 16.6. The van der Waals surface area contributed by atoms with Gasteiger partial charge < -0.3 is 10.5 Å². The molecule has 2 N–H and O–H groups in total. The van der Waals surface area contributed by atoms with Crippen LogP contribution in [0.3, 0.4) is 0 Å². The van der Waals surface area contributed by atoms with Gasteiger partial charge in [0.05, 0.1) is 35.3 Å². The molecule has 2 aromatic carbocycles. The summed E-state index contributed by atoms with van der Waals surface area (Å²) >= 11 is 0. The number of nitriles is 1. The third-order valence-electron chi connectivity index (χ3n) is 6.13.